The molecular formula is C20H23FN6O4S. The summed E-state index contributed by atoms with van der Waals surface area (Å²) in [6.45, 7) is 4.36. The molecule has 0 bridgehead atoms. The van der Waals surface area contributed by atoms with Gasteiger partial charge in [-0.1, -0.05) is 12.2 Å². The van der Waals surface area contributed by atoms with Crippen molar-refractivity contribution in [3.63, 3.8) is 0 Å². The lowest BCUT2D eigenvalue weighted by atomic mass is 10.2. The molecule has 1 aromatic heterocycles. The molecule has 10 nitrogen and oxygen atoms in total. The van der Waals surface area contributed by atoms with E-state index in [2.05, 4.69) is 20.4 Å². The van der Waals surface area contributed by atoms with Gasteiger partial charge in [0.2, 0.25) is 18.2 Å². The van der Waals surface area contributed by atoms with Gasteiger partial charge in [-0.25, -0.2) is 9.18 Å². The Morgan fingerprint density at radius 2 is 2.09 bits per heavy atom. The Bertz CT molecular complexity index is 996. The van der Waals surface area contributed by atoms with Crippen LogP contribution in [0.25, 0.3) is 0 Å². The Morgan fingerprint density at radius 3 is 2.75 bits per heavy atom. The summed E-state index contributed by atoms with van der Waals surface area (Å²) in [7, 11) is 0. The number of aromatic nitrogens is 2. The minimum atomic E-state index is -0.559. The molecule has 0 spiro atoms. The maximum Gasteiger partial charge on any atom is 0.414 e. The molecule has 2 saturated heterocycles. The van der Waals surface area contributed by atoms with Crippen molar-refractivity contribution in [3.05, 3.63) is 36.3 Å². The number of piperazine rings is 1. The topological polar surface area (TPSA) is 104 Å². The smallest absolute Gasteiger partial charge is 0.414 e. The first-order valence-electron chi connectivity index (χ1n) is 10.2. The zero-order valence-corrected chi connectivity index (χ0v) is 18.3. The van der Waals surface area contributed by atoms with Crippen LogP contribution < -0.4 is 15.1 Å². The summed E-state index contributed by atoms with van der Waals surface area (Å²) in [5.41, 5.74) is 0.888. The van der Waals surface area contributed by atoms with E-state index < -0.39 is 18.0 Å². The van der Waals surface area contributed by atoms with Crippen molar-refractivity contribution in [1.82, 2.24) is 20.4 Å². The molecule has 0 radical (unpaired) electrons. The standard InChI is InChI=1S/C20H23FN6O4S/c1-13(28)22-10-15-11-27(20(29)31-15)14-2-3-17(16(21)8-14)25-4-6-26(7-5-25)19(32)9-18-24-23-12-30-18/h2-3,8,12,15H,4-7,9-11H2,1H3,(H,22,28)/t15-/m0/s1. The van der Waals surface area contributed by atoms with Crippen molar-refractivity contribution in [1.29, 1.82) is 0 Å². The van der Waals surface area contributed by atoms with Crippen LogP contribution in [-0.4, -0.2) is 77.5 Å². The van der Waals surface area contributed by atoms with Crippen molar-refractivity contribution in [2.75, 3.05) is 49.1 Å². The van der Waals surface area contributed by atoms with Gasteiger partial charge in [-0.15, -0.1) is 10.2 Å². The van der Waals surface area contributed by atoms with Gasteiger partial charge < -0.3 is 24.3 Å². The quantitative estimate of drug-likeness (QED) is 0.637. The van der Waals surface area contributed by atoms with Crippen LogP contribution in [-0.2, 0) is 16.0 Å². The average Bonchev–Trinajstić information content (AvgIpc) is 3.41. The zero-order valence-electron chi connectivity index (χ0n) is 17.5. The molecule has 2 aromatic rings. The number of rotatable bonds is 6. The molecule has 2 aliphatic heterocycles. The molecule has 1 atom stereocenters. The van der Waals surface area contributed by atoms with E-state index in [1.165, 1.54) is 24.3 Å². The van der Waals surface area contributed by atoms with Gasteiger partial charge >= 0.3 is 6.09 Å². The lowest BCUT2D eigenvalue weighted by Gasteiger charge is -2.37. The first kappa shape index (κ1) is 21.9. The van der Waals surface area contributed by atoms with E-state index in [0.29, 0.717) is 54.9 Å². The molecule has 2 fully saturated rings. The third-order valence-electron chi connectivity index (χ3n) is 5.38. The summed E-state index contributed by atoms with van der Waals surface area (Å²) in [6, 6.07) is 4.71. The number of carbonyl (C=O) groups is 2. The van der Waals surface area contributed by atoms with Gasteiger partial charge in [0.05, 0.1) is 35.9 Å². The number of thiocarbonyl (C=S) groups is 1. The second kappa shape index (κ2) is 9.47. The molecule has 3 heterocycles. The zero-order chi connectivity index (χ0) is 22.7. The summed E-state index contributed by atoms with van der Waals surface area (Å²) in [5, 5.41) is 10.1. The van der Waals surface area contributed by atoms with E-state index in [9.17, 15) is 14.0 Å². The molecule has 4 rings (SSSR count). The largest absolute Gasteiger partial charge is 0.442 e. The van der Waals surface area contributed by atoms with Crippen LogP contribution in [0.2, 0.25) is 0 Å². The van der Waals surface area contributed by atoms with Crippen LogP contribution in [0.3, 0.4) is 0 Å². The molecule has 0 aliphatic carbocycles. The number of benzene rings is 1. The van der Waals surface area contributed by atoms with Gasteiger partial charge in [-0.2, -0.15) is 0 Å². The third-order valence-corrected chi connectivity index (χ3v) is 5.78. The molecule has 2 amide bonds. The summed E-state index contributed by atoms with van der Waals surface area (Å²) in [4.78, 5) is 29.3. The number of nitrogens with one attached hydrogen (secondary N) is 1. The minimum Gasteiger partial charge on any atom is -0.442 e. The van der Waals surface area contributed by atoms with Gasteiger partial charge in [0.25, 0.3) is 0 Å². The van der Waals surface area contributed by atoms with Crippen molar-refractivity contribution >= 4 is 40.6 Å². The van der Waals surface area contributed by atoms with Crippen molar-refractivity contribution in [3.8, 4) is 0 Å². The maximum atomic E-state index is 14.9. The second-order valence-corrected chi connectivity index (χ2v) is 8.04. The summed E-state index contributed by atoms with van der Waals surface area (Å²) in [6.07, 6.45) is 0.648. The molecule has 32 heavy (non-hydrogen) atoms. The van der Waals surface area contributed by atoms with Gasteiger partial charge in [-0.3, -0.25) is 9.69 Å². The van der Waals surface area contributed by atoms with E-state index in [0.717, 1.165) is 0 Å². The van der Waals surface area contributed by atoms with Gasteiger partial charge in [0.15, 0.2) is 0 Å². The van der Waals surface area contributed by atoms with Gasteiger partial charge in [0.1, 0.15) is 11.9 Å². The van der Waals surface area contributed by atoms with E-state index >= 15 is 0 Å². The SMILES string of the molecule is CC(=O)NC[C@H]1CN(c2ccc(N3CCN(C(=S)Cc4nnco4)CC3)c(F)c2)C(=O)O1. The Kier molecular flexibility index (Phi) is 6.49. The fourth-order valence-electron chi connectivity index (χ4n) is 3.73. The van der Waals surface area contributed by atoms with E-state index in [4.69, 9.17) is 21.4 Å². The van der Waals surface area contributed by atoms with Crippen LogP contribution in [0.1, 0.15) is 12.8 Å². The highest BCUT2D eigenvalue weighted by Crippen LogP contribution is 2.28. The maximum absolute atomic E-state index is 14.9. The fourth-order valence-corrected chi connectivity index (χ4v) is 4.03. The number of ether oxygens (including phenoxy) is 1. The number of amides is 2. The highest BCUT2D eigenvalue weighted by atomic mass is 32.1. The van der Waals surface area contributed by atoms with Crippen molar-refractivity contribution in [2.45, 2.75) is 19.4 Å². The average molecular weight is 463 g/mol. The first-order chi connectivity index (χ1) is 15.4. The first-order valence-corrected chi connectivity index (χ1v) is 10.6. The predicted octanol–water partition coefficient (Wildman–Crippen LogP) is 1.36. The van der Waals surface area contributed by atoms with Gasteiger partial charge in [0, 0.05) is 33.1 Å². The number of hydrogen-bond acceptors (Lipinski definition) is 8. The molecule has 0 saturated carbocycles. The molecule has 1 aromatic carbocycles. The monoisotopic (exact) mass is 462 g/mol. The highest BCUT2D eigenvalue weighted by Gasteiger charge is 2.33. The minimum absolute atomic E-state index is 0.203. The molecule has 12 heteroatoms. The van der Waals surface area contributed by atoms with Crippen LogP contribution in [0.4, 0.5) is 20.6 Å². The van der Waals surface area contributed by atoms with Crippen LogP contribution in [0.15, 0.2) is 29.0 Å². The molecule has 0 unspecified atom stereocenters. The fraction of sp³-hybridized carbons (Fsp3) is 0.450. The molecular weight excluding hydrogens is 439 g/mol. The van der Waals surface area contributed by atoms with Crippen LogP contribution in [0.5, 0.6) is 0 Å². The Labute approximate surface area is 189 Å². The number of nitrogens with zero attached hydrogens (tertiary/aromatic N) is 5. The van der Waals surface area contributed by atoms with Gasteiger partial charge in [-0.05, 0) is 18.2 Å². The van der Waals surface area contributed by atoms with E-state index in [1.807, 2.05) is 4.90 Å². The second-order valence-electron chi connectivity index (χ2n) is 7.57. The van der Waals surface area contributed by atoms with Crippen molar-refractivity contribution < 1.29 is 23.1 Å². The van der Waals surface area contributed by atoms with Crippen molar-refractivity contribution in [2.24, 2.45) is 0 Å². The summed E-state index contributed by atoms with van der Waals surface area (Å²) >= 11 is 5.47. The summed E-state index contributed by atoms with van der Waals surface area (Å²) < 4.78 is 25.3. The highest BCUT2D eigenvalue weighted by molar-refractivity contribution is 7.80. The number of hydrogen-bond donors (Lipinski definition) is 1. The lowest BCUT2D eigenvalue weighted by Crippen LogP contribution is -2.49. The summed E-state index contributed by atoms with van der Waals surface area (Å²) in [5.74, 6) is -0.147. The third kappa shape index (κ3) is 4.96. The molecule has 1 N–H and O–H groups in total. The van der Waals surface area contributed by atoms with Crippen LogP contribution >= 0.6 is 12.2 Å². The molecule has 170 valence electrons. The van der Waals surface area contributed by atoms with E-state index in [-0.39, 0.29) is 19.0 Å². The Morgan fingerprint density at radius 1 is 1.31 bits per heavy atom. The Balaban J connectivity index is 1.34. The molecule has 2 aliphatic rings. The Hall–Kier alpha value is -3.28. The normalized spacial score (nSPS) is 18.6. The number of cyclic esters (lactones) is 1. The van der Waals surface area contributed by atoms with Crippen LogP contribution in [0, 0.1) is 5.82 Å². The van der Waals surface area contributed by atoms with E-state index in [1.54, 1.807) is 12.1 Å². The number of anilines is 2. The number of halogens is 1. The lowest BCUT2D eigenvalue weighted by molar-refractivity contribution is -0.119. The predicted molar refractivity (Wildman–Crippen MR) is 117 cm³/mol. The number of carbonyl (C=O) groups excluding carboxylic acids is 2.